The molecule has 19 atom stereocenters. The molecule has 5 fully saturated rings. The first-order valence-electron chi connectivity index (χ1n) is 22.6. The number of carbonyl (C=O) groups is 1. The van der Waals surface area contributed by atoms with E-state index in [-0.39, 0.29) is 36.8 Å². The summed E-state index contributed by atoms with van der Waals surface area (Å²) >= 11 is 0. The average Bonchev–Trinajstić information content (AvgIpc) is 3.56. The van der Waals surface area contributed by atoms with Crippen LogP contribution in [0.1, 0.15) is 100 Å². The number of ether oxygens (including phenoxy) is 10. The maximum absolute atomic E-state index is 14.3. The number of methoxy groups -OCH3 is 2. The largest absolute Gasteiger partial charge is 0.462 e. The van der Waals surface area contributed by atoms with E-state index >= 15 is 0 Å². The van der Waals surface area contributed by atoms with Crippen molar-refractivity contribution < 1.29 is 67.5 Å². The SMILES string of the molecule is CO[C@H]1C[C@H](OC2/C(C)=C/C[C@@H]3C[C@@H](C[C@]4(CC[C@H](C)[C@@H](C(C)C)O4)O3)OC(=O)C3C=C(C)[C@@H](O)[C@H]4OC/C(=C\C=C\[C@@H]2C)[C@@]34O)O[C@@H](C)C1O[C@H]1C[C@H](OC)[C@@H](O)[C@H](C)O1. The Kier molecular flexibility index (Phi) is 14.8. The molecule has 0 aromatic heterocycles. The molecule has 6 aliphatic heterocycles. The van der Waals surface area contributed by atoms with Gasteiger partial charge in [-0.1, -0.05) is 58.1 Å². The molecule has 14 heteroatoms. The van der Waals surface area contributed by atoms with E-state index in [0.717, 1.165) is 12.0 Å². The van der Waals surface area contributed by atoms with E-state index in [1.807, 2.05) is 19.1 Å². The van der Waals surface area contributed by atoms with Crippen molar-refractivity contribution in [3.05, 3.63) is 47.1 Å². The van der Waals surface area contributed by atoms with Gasteiger partial charge in [-0.3, -0.25) is 4.79 Å². The van der Waals surface area contributed by atoms with Crippen molar-refractivity contribution >= 4 is 5.97 Å². The minimum Gasteiger partial charge on any atom is -0.462 e. The lowest BCUT2D eigenvalue weighted by molar-refractivity contribution is -0.340. The zero-order valence-electron chi connectivity index (χ0n) is 37.8. The van der Waals surface area contributed by atoms with Gasteiger partial charge in [-0.05, 0) is 69.1 Å². The summed E-state index contributed by atoms with van der Waals surface area (Å²) in [5.41, 5.74) is 0.184. The highest BCUT2D eigenvalue weighted by Gasteiger charge is 2.60. The Hall–Kier alpha value is -2.05. The quantitative estimate of drug-likeness (QED) is 0.225. The molecule has 3 N–H and O–H groups in total. The van der Waals surface area contributed by atoms with Gasteiger partial charge in [0.05, 0.1) is 49.3 Å². The summed E-state index contributed by atoms with van der Waals surface area (Å²) < 4.78 is 63.7. The van der Waals surface area contributed by atoms with E-state index in [2.05, 4.69) is 40.7 Å². The van der Waals surface area contributed by atoms with Crippen LogP contribution in [0.3, 0.4) is 0 Å². The lowest BCUT2D eigenvalue weighted by atomic mass is 9.71. The van der Waals surface area contributed by atoms with Gasteiger partial charge < -0.3 is 62.7 Å². The van der Waals surface area contributed by atoms with Crippen molar-refractivity contribution in [2.75, 3.05) is 20.8 Å². The molecule has 0 radical (unpaired) electrons. The Morgan fingerprint density at radius 2 is 1.59 bits per heavy atom. The van der Waals surface area contributed by atoms with Crippen LogP contribution in [0.4, 0.5) is 0 Å². The molecule has 61 heavy (non-hydrogen) atoms. The zero-order chi connectivity index (χ0) is 44.0. The van der Waals surface area contributed by atoms with Crippen molar-refractivity contribution in [3.8, 4) is 0 Å². The Morgan fingerprint density at radius 3 is 2.31 bits per heavy atom. The zero-order valence-corrected chi connectivity index (χ0v) is 37.8. The van der Waals surface area contributed by atoms with Crippen LogP contribution in [0.5, 0.6) is 0 Å². The molecule has 1 spiro atoms. The molecule has 7 aliphatic rings. The van der Waals surface area contributed by atoms with Crippen molar-refractivity contribution in [1.29, 1.82) is 0 Å². The van der Waals surface area contributed by atoms with E-state index in [1.165, 1.54) is 0 Å². The van der Waals surface area contributed by atoms with E-state index < -0.39 is 90.8 Å². The van der Waals surface area contributed by atoms with Gasteiger partial charge in [0.25, 0.3) is 0 Å². The predicted octanol–water partition coefficient (Wildman–Crippen LogP) is 5.21. The Bertz CT molecular complexity index is 1660. The topological polar surface area (TPSA) is 170 Å². The molecular weight excluding hydrogens is 789 g/mol. The fourth-order valence-electron chi connectivity index (χ4n) is 10.8. The first-order valence-corrected chi connectivity index (χ1v) is 22.6. The third-order valence-electron chi connectivity index (χ3n) is 14.4. The van der Waals surface area contributed by atoms with Gasteiger partial charge in [-0.15, -0.1) is 0 Å². The molecule has 14 nitrogen and oxygen atoms in total. The van der Waals surface area contributed by atoms with Gasteiger partial charge in [0, 0.05) is 52.2 Å². The van der Waals surface area contributed by atoms with E-state index in [4.69, 9.17) is 47.4 Å². The second kappa shape index (κ2) is 19.2. The number of fused-ring (bicyclic) bond motifs is 2. The molecule has 5 saturated heterocycles. The molecule has 6 heterocycles. The fourth-order valence-corrected chi connectivity index (χ4v) is 10.8. The van der Waals surface area contributed by atoms with Gasteiger partial charge >= 0.3 is 5.97 Å². The van der Waals surface area contributed by atoms with Crippen LogP contribution in [0, 0.1) is 23.7 Å². The minimum absolute atomic E-state index is 0.0210. The molecular formula is C47H72O14. The summed E-state index contributed by atoms with van der Waals surface area (Å²) in [6.45, 7) is 16.2. The molecule has 0 aromatic rings. The summed E-state index contributed by atoms with van der Waals surface area (Å²) in [5.74, 6) is -2.15. The van der Waals surface area contributed by atoms with Gasteiger partial charge in [0.1, 0.15) is 42.0 Å². The number of esters is 1. The first kappa shape index (κ1) is 46.9. The minimum atomic E-state index is -1.82. The van der Waals surface area contributed by atoms with Crippen molar-refractivity contribution in [2.24, 2.45) is 23.7 Å². The lowest BCUT2D eigenvalue weighted by Gasteiger charge is -2.50. The molecule has 7 rings (SSSR count). The highest BCUT2D eigenvalue weighted by atomic mass is 16.7. The second-order valence-electron chi connectivity index (χ2n) is 19.2. The average molecular weight is 861 g/mol. The van der Waals surface area contributed by atoms with Crippen molar-refractivity contribution in [3.63, 3.8) is 0 Å². The summed E-state index contributed by atoms with van der Waals surface area (Å²) in [7, 11) is 3.22. The third-order valence-corrected chi connectivity index (χ3v) is 14.4. The predicted molar refractivity (Wildman–Crippen MR) is 223 cm³/mol. The number of hydrogen-bond donors (Lipinski definition) is 3. The second-order valence-corrected chi connectivity index (χ2v) is 19.2. The van der Waals surface area contributed by atoms with Gasteiger partial charge in [0.15, 0.2) is 18.4 Å². The molecule has 3 unspecified atom stereocenters. The number of rotatable bonds is 7. The standard InChI is InChI=1S/C47H72O14/c1-24(2)41-27(5)16-17-46(61-41)22-33-19-32(60-46)15-14-26(4)42(25(3)12-11-13-31-23-54-44-39(48)28(6)18-34(45(50)57-33)47(31,44)51)58-38-21-36(53-10)43(30(8)56-38)59-37-20-35(52-9)40(49)29(7)55-37/h11-14,18,24-25,27,29-30,32-44,48-49,51H,15-17,19-23H2,1-10H3/b12-11+,26-14+,31-13+/t25-,27-,29-,30-,32+,33-,34?,35-,36-,37-,38-,39+,40-,41+,42?,43?,44+,46+,47+/m0/s1. The number of aliphatic hydroxyl groups excluding tert-OH is 2. The monoisotopic (exact) mass is 860 g/mol. The number of hydrogen-bond acceptors (Lipinski definition) is 14. The van der Waals surface area contributed by atoms with Gasteiger partial charge in [0.2, 0.25) is 0 Å². The molecule has 0 amide bonds. The highest BCUT2D eigenvalue weighted by molar-refractivity contribution is 5.78. The maximum atomic E-state index is 14.3. The molecule has 344 valence electrons. The Balaban J connectivity index is 1.17. The van der Waals surface area contributed by atoms with E-state index in [0.29, 0.717) is 55.6 Å². The number of aliphatic hydroxyl groups is 3. The number of allylic oxidation sites excluding steroid dienone is 2. The fraction of sp³-hybridized carbons (Fsp3) is 0.809. The summed E-state index contributed by atoms with van der Waals surface area (Å²) in [5, 5.41) is 34.2. The summed E-state index contributed by atoms with van der Waals surface area (Å²) in [4.78, 5) is 14.3. The van der Waals surface area contributed by atoms with Crippen LogP contribution >= 0.6 is 0 Å². The van der Waals surface area contributed by atoms with Crippen LogP contribution in [-0.4, -0.2) is 139 Å². The molecule has 0 aromatic carbocycles. The van der Waals surface area contributed by atoms with Crippen LogP contribution in [0.15, 0.2) is 47.1 Å². The van der Waals surface area contributed by atoms with Gasteiger partial charge in [-0.2, -0.15) is 0 Å². The third kappa shape index (κ3) is 9.67. The van der Waals surface area contributed by atoms with Gasteiger partial charge in [-0.25, -0.2) is 0 Å². The van der Waals surface area contributed by atoms with Crippen LogP contribution < -0.4 is 0 Å². The van der Waals surface area contributed by atoms with E-state index in [9.17, 15) is 20.1 Å². The summed E-state index contributed by atoms with van der Waals surface area (Å²) in [6, 6.07) is 0. The van der Waals surface area contributed by atoms with Crippen LogP contribution in [0.25, 0.3) is 0 Å². The first-order chi connectivity index (χ1) is 29.0. The summed E-state index contributed by atoms with van der Waals surface area (Å²) in [6.07, 6.45) is 5.52. The van der Waals surface area contributed by atoms with Crippen LogP contribution in [-0.2, 0) is 52.2 Å². The Labute approximate surface area is 361 Å². The van der Waals surface area contributed by atoms with Crippen molar-refractivity contribution in [2.45, 2.75) is 198 Å². The maximum Gasteiger partial charge on any atom is 0.316 e. The Morgan fingerprint density at radius 1 is 0.885 bits per heavy atom. The highest BCUT2D eigenvalue weighted by Crippen LogP contribution is 2.48. The van der Waals surface area contributed by atoms with Crippen LogP contribution in [0.2, 0.25) is 0 Å². The molecule has 0 saturated carbocycles. The molecule has 2 bridgehead atoms. The van der Waals surface area contributed by atoms with Crippen molar-refractivity contribution in [1.82, 2.24) is 0 Å². The lowest BCUT2D eigenvalue weighted by Crippen LogP contribution is -2.58. The van der Waals surface area contributed by atoms with E-state index in [1.54, 1.807) is 40.2 Å². The normalized spacial score (nSPS) is 49.6. The number of carbonyl (C=O) groups excluding carboxylic acids is 1. The molecule has 1 aliphatic carbocycles. The smallest absolute Gasteiger partial charge is 0.316 e.